The molecule has 0 saturated heterocycles. The van der Waals surface area contributed by atoms with Crippen molar-refractivity contribution in [2.45, 2.75) is 12.5 Å². The van der Waals surface area contributed by atoms with Crippen LogP contribution in [0.25, 0.3) is 0 Å². The molecule has 0 radical (unpaired) electrons. The molecule has 0 aliphatic carbocycles. The van der Waals surface area contributed by atoms with Crippen molar-refractivity contribution in [1.82, 2.24) is 4.90 Å². The Morgan fingerprint density at radius 3 is 2.65 bits per heavy atom. The summed E-state index contributed by atoms with van der Waals surface area (Å²) in [6.45, 7) is 3.74. The van der Waals surface area contributed by atoms with Crippen molar-refractivity contribution in [1.29, 1.82) is 0 Å². The van der Waals surface area contributed by atoms with Gasteiger partial charge in [-0.1, -0.05) is 30.3 Å². The van der Waals surface area contributed by atoms with Crippen LogP contribution in [-0.2, 0) is 16.0 Å². The summed E-state index contributed by atoms with van der Waals surface area (Å²) in [6, 6.07) is 7.50. The molecule has 0 aliphatic rings. The van der Waals surface area contributed by atoms with E-state index < -0.39 is 0 Å². The lowest BCUT2D eigenvalue weighted by Crippen LogP contribution is -2.29. The van der Waals surface area contributed by atoms with Crippen molar-refractivity contribution in [3.63, 3.8) is 0 Å². The van der Waals surface area contributed by atoms with Crippen molar-refractivity contribution in [3.05, 3.63) is 48.0 Å². The predicted octanol–water partition coefficient (Wildman–Crippen LogP) is 2.19. The van der Waals surface area contributed by atoms with Crippen LogP contribution in [0.5, 0.6) is 0 Å². The van der Waals surface area contributed by atoms with Crippen LogP contribution in [0.15, 0.2) is 36.9 Å². The Hall–Kier alpha value is -1.61. The van der Waals surface area contributed by atoms with Gasteiger partial charge in [0.2, 0.25) is 0 Å². The van der Waals surface area contributed by atoms with Gasteiger partial charge in [0.15, 0.2) is 0 Å². The number of likely N-dealkylation sites (N-methyl/N-ethyl adjacent to an activating group) is 1. The van der Waals surface area contributed by atoms with E-state index in [9.17, 15) is 4.79 Å². The van der Waals surface area contributed by atoms with E-state index in [4.69, 9.17) is 4.74 Å². The number of hydrogen-bond acceptors (Lipinski definition) is 3. The molecule has 1 aromatic rings. The van der Waals surface area contributed by atoms with Gasteiger partial charge >= 0.3 is 5.97 Å². The lowest BCUT2D eigenvalue weighted by atomic mass is 9.97. The van der Waals surface area contributed by atoms with Crippen LogP contribution in [-0.4, -0.2) is 32.1 Å². The van der Waals surface area contributed by atoms with Crippen molar-refractivity contribution in [3.8, 4) is 0 Å². The number of allylic oxidation sites excluding steroid dienone is 1. The zero-order valence-electron chi connectivity index (χ0n) is 10.6. The highest BCUT2D eigenvalue weighted by Gasteiger charge is 2.25. The third-order valence-electron chi connectivity index (χ3n) is 2.65. The Kier molecular flexibility index (Phi) is 4.91. The SMILES string of the molecule is C=CCc1ccccc1[C@@H](C(=O)OC)N(C)C. The standard InChI is InChI=1S/C14H19NO2/c1-5-8-11-9-6-7-10-12(11)13(15(2)3)14(16)17-4/h5-7,9-10,13H,1,8H2,2-4H3/t13-/m0/s1. The van der Waals surface area contributed by atoms with Crippen molar-refractivity contribution in [2.75, 3.05) is 21.2 Å². The molecule has 0 amide bonds. The fourth-order valence-corrected chi connectivity index (χ4v) is 1.87. The van der Waals surface area contributed by atoms with E-state index >= 15 is 0 Å². The molecular formula is C14H19NO2. The highest BCUT2D eigenvalue weighted by molar-refractivity contribution is 5.78. The van der Waals surface area contributed by atoms with Crippen molar-refractivity contribution in [2.24, 2.45) is 0 Å². The van der Waals surface area contributed by atoms with E-state index in [1.165, 1.54) is 7.11 Å². The fourth-order valence-electron chi connectivity index (χ4n) is 1.87. The maximum atomic E-state index is 11.8. The molecule has 0 aromatic heterocycles. The summed E-state index contributed by atoms with van der Waals surface area (Å²) in [7, 11) is 5.15. The summed E-state index contributed by atoms with van der Waals surface area (Å²) in [5.74, 6) is -0.244. The van der Waals surface area contributed by atoms with Crippen molar-refractivity contribution < 1.29 is 9.53 Å². The Balaban J connectivity index is 3.17. The second-order valence-corrected chi connectivity index (χ2v) is 4.08. The number of methoxy groups -OCH3 is 1. The maximum absolute atomic E-state index is 11.8. The smallest absolute Gasteiger partial charge is 0.327 e. The molecule has 17 heavy (non-hydrogen) atoms. The lowest BCUT2D eigenvalue weighted by Gasteiger charge is -2.24. The number of esters is 1. The van der Waals surface area contributed by atoms with E-state index in [1.54, 1.807) is 0 Å². The summed E-state index contributed by atoms with van der Waals surface area (Å²) in [6.07, 6.45) is 2.58. The highest BCUT2D eigenvalue weighted by Crippen LogP contribution is 2.24. The van der Waals surface area contributed by atoms with Gasteiger partial charge < -0.3 is 4.74 Å². The van der Waals surface area contributed by atoms with E-state index in [0.717, 1.165) is 17.5 Å². The minimum atomic E-state index is -0.365. The third kappa shape index (κ3) is 3.17. The highest BCUT2D eigenvalue weighted by atomic mass is 16.5. The number of carbonyl (C=O) groups excluding carboxylic acids is 1. The maximum Gasteiger partial charge on any atom is 0.327 e. The lowest BCUT2D eigenvalue weighted by molar-refractivity contribution is -0.146. The number of nitrogens with zero attached hydrogens (tertiary/aromatic N) is 1. The van der Waals surface area contributed by atoms with Gasteiger partial charge in [-0.15, -0.1) is 6.58 Å². The van der Waals surface area contributed by atoms with Crippen LogP contribution in [0.2, 0.25) is 0 Å². The van der Waals surface area contributed by atoms with E-state index in [0.29, 0.717) is 0 Å². The predicted molar refractivity (Wildman–Crippen MR) is 68.8 cm³/mol. The van der Waals surface area contributed by atoms with E-state index in [2.05, 4.69) is 6.58 Å². The summed E-state index contributed by atoms with van der Waals surface area (Å²) >= 11 is 0. The van der Waals surface area contributed by atoms with E-state index in [-0.39, 0.29) is 12.0 Å². The van der Waals surface area contributed by atoms with Gasteiger partial charge in [0.1, 0.15) is 6.04 Å². The van der Waals surface area contributed by atoms with Gasteiger partial charge in [-0.2, -0.15) is 0 Å². The van der Waals surface area contributed by atoms with Gasteiger partial charge in [0.05, 0.1) is 7.11 Å². The molecule has 0 aliphatic heterocycles. The molecule has 0 unspecified atom stereocenters. The topological polar surface area (TPSA) is 29.5 Å². The average Bonchev–Trinajstić information content (AvgIpc) is 2.31. The number of ether oxygens (including phenoxy) is 1. The first kappa shape index (κ1) is 13.5. The van der Waals surface area contributed by atoms with Crippen LogP contribution in [0.1, 0.15) is 17.2 Å². The second kappa shape index (κ2) is 6.21. The molecule has 0 bridgehead atoms. The summed E-state index contributed by atoms with van der Waals surface area (Å²) < 4.78 is 4.85. The summed E-state index contributed by atoms with van der Waals surface area (Å²) in [4.78, 5) is 13.7. The van der Waals surface area contributed by atoms with Gasteiger partial charge in [-0.05, 0) is 31.6 Å². The van der Waals surface area contributed by atoms with Crippen LogP contribution >= 0.6 is 0 Å². The first-order valence-electron chi connectivity index (χ1n) is 5.54. The molecule has 1 rings (SSSR count). The summed E-state index contributed by atoms with van der Waals surface area (Å²) in [5, 5.41) is 0. The molecule has 0 spiro atoms. The fraction of sp³-hybridized carbons (Fsp3) is 0.357. The second-order valence-electron chi connectivity index (χ2n) is 4.08. The minimum absolute atomic E-state index is 0.244. The van der Waals surface area contributed by atoms with Crippen LogP contribution in [0.4, 0.5) is 0 Å². The van der Waals surface area contributed by atoms with Gasteiger partial charge in [-0.3, -0.25) is 4.90 Å². The zero-order chi connectivity index (χ0) is 12.8. The number of hydrogen-bond donors (Lipinski definition) is 0. The molecule has 1 atom stereocenters. The Morgan fingerprint density at radius 2 is 2.12 bits per heavy atom. The number of benzene rings is 1. The van der Waals surface area contributed by atoms with Gasteiger partial charge in [0.25, 0.3) is 0 Å². The third-order valence-corrected chi connectivity index (χ3v) is 2.65. The minimum Gasteiger partial charge on any atom is -0.468 e. The Morgan fingerprint density at radius 1 is 1.47 bits per heavy atom. The van der Waals surface area contributed by atoms with Gasteiger partial charge in [0, 0.05) is 0 Å². The van der Waals surface area contributed by atoms with Crippen molar-refractivity contribution >= 4 is 5.97 Å². The first-order chi connectivity index (χ1) is 8.11. The zero-order valence-corrected chi connectivity index (χ0v) is 10.6. The molecule has 0 N–H and O–H groups in total. The summed E-state index contributed by atoms with van der Waals surface area (Å²) in [5.41, 5.74) is 2.08. The quantitative estimate of drug-likeness (QED) is 0.577. The normalized spacial score (nSPS) is 12.2. The number of carbonyl (C=O) groups is 1. The van der Waals surface area contributed by atoms with Gasteiger partial charge in [-0.25, -0.2) is 4.79 Å². The van der Waals surface area contributed by atoms with Crippen LogP contribution in [0, 0.1) is 0 Å². The molecule has 0 heterocycles. The molecule has 3 heteroatoms. The Bertz CT molecular complexity index is 399. The van der Waals surface area contributed by atoms with E-state index in [1.807, 2.05) is 49.3 Å². The monoisotopic (exact) mass is 233 g/mol. The Labute approximate surface area is 103 Å². The van der Waals surface area contributed by atoms with Crippen LogP contribution in [0.3, 0.4) is 0 Å². The molecule has 1 aromatic carbocycles. The molecule has 0 fully saturated rings. The largest absolute Gasteiger partial charge is 0.468 e. The molecular weight excluding hydrogens is 214 g/mol. The molecule has 0 saturated carbocycles. The average molecular weight is 233 g/mol. The first-order valence-corrected chi connectivity index (χ1v) is 5.54. The number of rotatable bonds is 5. The molecule has 3 nitrogen and oxygen atoms in total. The molecule has 92 valence electrons. The van der Waals surface area contributed by atoms with Crippen LogP contribution < -0.4 is 0 Å².